The summed E-state index contributed by atoms with van der Waals surface area (Å²) >= 11 is 0. The zero-order valence-corrected chi connectivity index (χ0v) is 12.2. The molecule has 0 aliphatic carbocycles. The van der Waals surface area contributed by atoms with Crippen LogP contribution in [0.1, 0.15) is 38.2 Å². The number of nitrogens with zero attached hydrogens (tertiary/aromatic N) is 5. The lowest BCUT2D eigenvalue weighted by atomic mass is 10.1. The second kappa shape index (κ2) is 5.44. The minimum Gasteiger partial charge on any atom is -0.480 e. The maximum Gasteiger partial charge on any atom is 0.325 e. The molecule has 2 aromatic rings. The van der Waals surface area contributed by atoms with Crippen LogP contribution in [0.2, 0.25) is 0 Å². The molecule has 2 aromatic heterocycles. The van der Waals surface area contributed by atoms with Crippen molar-refractivity contribution in [2.45, 2.75) is 46.7 Å². The van der Waals surface area contributed by atoms with Gasteiger partial charge in [-0.05, 0) is 25.8 Å². The number of carboxylic acids is 1. The first-order valence-electron chi connectivity index (χ1n) is 6.63. The number of rotatable bonds is 5. The highest BCUT2D eigenvalue weighted by Crippen LogP contribution is 2.23. The number of hydrogen-bond donors (Lipinski definition) is 1. The summed E-state index contributed by atoms with van der Waals surface area (Å²) < 4.78 is 3.24. The fourth-order valence-corrected chi connectivity index (χ4v) is 2.02. The molecule has 0 radical (unpaired) electrons. The Labute approximate surface area is 117 Å². The number of carboxylic acid groups (broad SMARTS) is 1. The van der Waals surface area contributed by atoms with Gasteiger partial charge in [-0.1, -0.05) is 13.8 Å². The number of aliphatic carboxylic acids is 1. The number of aromatic nitrogens is 5. The molecule has 1 N–H and O–H groups in total. The van der Waals surface area contributed by atoms with Crippen LogP contribution in [0.4, 0.5) is 0 Å². The van der Waals surface area contributed by atoms with Gasteiger partial charge in [0.1, 0.15) is 18.1 Å². The first-order chi connectivity index (χ1) is 9.42. The number of hydrogen-bond acceptors (Lipinski definition) is 4. The van der Waals surface area contributed by atoms with Crippen LogP contribution in [-0.4, -0.2) is 35.6 Å². The van der Waals surface area contributed by atoms with Gasteiger partial charge in [0.2, 0.25) is 0 Å². The summed E-state index contributed by atoms with van der Waals surface area (Å²) in [5.41, 5.74) is 1.77. The van der Waals surface area contributed by atoms with Crippen molar-refractivity contribution in [3.05, 3.63) is 17.6 Å². The van der Waals surface area contributed by atoms with E-state index in [0.29, 0.717) is 24.1 Å². The third kappa shape index (κ3) is 2.71. The van der Waals surface area contributed by atoms with Crippen molar-refractivity contribution in [1.29, 1.82) is 0 Å². The highest BCUT2D eigenvalue weighted by Gasteiger charge is 2.18. The highest BCUT2D eigenvalue weighted by atomic mass is 16.4. The Hall–Kier alpha value is -2.18. The van der Waals surface area contributed by atoms with Crippen molar-refractivity contribution in [3.8, 4) is 11.5 Å². The van der Waals surface area contributed by atoms with Gasteiger partial charge >= 0.3 is 5.97 Å². The lowest BCUT2D eigenvalue weighted by Gasteiger charge is -2.04. The van der Waals surface area contributed by atoms with Gasteiger partial charge in [0.05, 0.1) is 5.69 Å². The van der Waals surface area contributed by atoms with E-state index in [2.05, 4.69) is 29.0 Å². The lowest BCUT2D eigenvalue weighted by Crippen LogP contribution is -2.13. The molecule has 0 atom stereocenters. The Bertz CT molecular complexity index is 627. The molecule has 20 heavy (non-hydrogen) atoms. The second-order valence-corrected chi connectivity index (χ2v) is 4.96. The van der Waals surface area contributed by atoms with Crippen molar-refractivity contribution >= 4 is 5.97 Å². The summed E-state index contributed by atoms with van der Waals surface area (Å²) in [5, 5.41) is 17.6. The zero-order chi connectivity index (χ0) is 14.9. The van der Waals surface area contributed by atoms with Crippen molar-refractivity contribution in [3.63, 3.8) is 0 Å². The first-order valence-corrected chi connectivity index (χ1v) is 6.63. The topological polar surface area (TPSA) is 85.8 Å². The Morgan fingerprint density at radius 3 is 2.60 bits per heavy atom. The van der Waals surface area contributed by atoms with Crippen LogP contribution in [0, 0.1) is 6.92 Å². The third-order valence-corrected chi connectivity index (χ3v) is 2.98. The van der Waals surface area contributed by atoms with Crippen LogP contribution >= 0.6 is 0 Å². The van der Waals surface area contributed by atoms with Crippen molar-refractivity contribution in [2.75, 3.05) is 0 Å². The van der Waals surface area contributed by atoms with Crippen LogP contribution in [0.5, 0.6) is 0 Å². The van der Waals surface area contributed by atoms with Crippen LogP contribution in [-0.2, 0) is 17.9 Å². The predicted octanol–water partition coefficient (Wildman–Crippen LogP) is 1.68. The third-order valence-electron chi connectivity index (χ3n) is 2.98. The molecule has 7 nitrogen and oxygen atoms in total. The van der Waals surface area contributed by atoms with Gasteiger partial charge in [0.15, 0.2) is 5.82 Å². The normalized spacial score (nSPS) is 11.2. The van der Waals surface area contributed by atoms with Gasteiger partial charge in [-0.2, -0.15) is 10.2 Å². The van der Waals surface area contributed by atoms with Crippen LogP contribution in [0.15, 0.2) is 6.07 Å². The quantitative estimate of drug-likeness (QED) is 0.898. The highest BCUT2D eigenvalue weighted by molar-refractivity contribution is 5.67. The average molecular weight is 277 g/mol. The minimum absolute atomic E-state index is 0.206. The molecule has 0 saturated heterocycles. The van der Waals surface area contributed by atoms with Gasteiger partial charge in [0.25, 0.3) is 0 Å². The van der Waals surface area contributed by atoms with E-state index < -0.39 is 5.97 Å². The summed E-state index contributed by atoms with van der Waals surface area (Å²) in [4.78, 5) is 15.3. The standard InChI is InChI=1S/C13H19N5O2/c1-5-17-11(6-10(16-17)8(2)3)13-14-9(4)15-18(13)7-12(19)20/h6,8H,5,7H2,1-4H3,(H,19,20). The molecule has 0 aliphatic rings. The van der Waals surface area contributed by atoms with Gasteiger partial charge in [0, 0.05) is 6.54 Å². The monoisotopic (exact) mass is 277 g/mol. The van der Waals surface area contributed by atoms with Crippen molar-refractivity contribution in [1.82, 2.24) is 24.5 Å². The van der Waals surface area contributed by atoms with Crippen LogP contribution in [0.3, 0.4) is 0 Å². The molecule has 108 valence electrons. The van der Waals surface area contributed by atoms with Gasteiger partial charge in [-0.15, -0.1) is 0 Å². The van der Waals surface area contributed by atoms with E-state index in [1.807, 2.05) is 17.7 Å². The summed E-state index contributed by atoms with van der Waals surface area (Å²) in [5.74, 6) is 0.462. The fraction of sp³-hybridized carbons (Fsp3) is 0.538. The van der Waals surface area contributed by atoms with Gasteiger partial charge in [-0.25, -0.2) is 9.67 Å². The molecular weight excluding hydrogens is 258 g/mol. The second-order valence-electron chi connectivity index (χ2n) is 4.96. The Kier molecular flexibility index (Phi) is 3.87. The molecule has 0 unspecified atom stereocenters. The van der Waals surface area contributed by atoms with Gasteiger partial charge in [-0.3, -0.25) is 9.48 Å². The lowest BCUT2D eigenvalue weighted by molar-refractivity contribution is -0.137. The smallest absolute Gasteiger partial charge is 0.325 e. The molecule has 7 heteroatoms. The van der Waals surface area contributed by atoms with Crippen LogP contribution < -0.4 is 0 Å². The van der Waals surface area contributed by atoms with Gasteiger partial charge < -0.3 is 5.11 Å². The molecule has 0 amide bonds. The fourth-order valence-electron chi connectivity index (χ4n) is 2.02. The van der Waals surface area contributed by atoms with E-state index in [4.69, 9.17) is 5.11 Å². The van der Waals surface area contributed by atoms with E-state index in [9.17, 15) is 4.79 Å². The van der Waals surface area contributed by atoms with E-state index in [0.717, 1.165) is 11.4 Å². The Morgan fingerprint density at radius 2 is 2.05 bits per heavy atom. The Morgan fingerprint density at radius 1 is 1.35 bits per heavy atom. The van der Waals surface area contributed by atoms with Crippen molar-refractivity contribution in [2.24, 2.45) is 0 Å². The molecule has 0 aromatic carbocycles. The van der Waals surface area contributed by atoms with E-state index >= 15 is 0 Å². The summed E-state index contributed by atoms with van der Waals surface area (Å²) in [6.07, 6.45) is 0. The predicted molar refractivity (Wildman–Crippen MR) is 73.4 cm³/mol. The van der Waals surface area contributed by atoms with E-state index in [1.165, 1.54) is 4.68 Å². The molecule has 0 bridgehead atoms. The Balaban J connectivity index is 2.52. The largest absolute Gasteiger partial charge is 0.480 e. The molecular formula is C13H19N5O2. The molecule has 0 fully saturated rings. The summed E-state index contributed by atoms with van der Waals surface area (Å²) in [6, 6.07) is 1.95. The zero-order valence-electron chi connectivity index (χ0n) is 12.2. The maximum atomic E-state index is 10.9. The summed E-state index contributed by atoms with van der Waals surface area (Å²) in [7, 11) is 0. The van der Waals surface area contributed by atoms with E-state index in [1.54, 1.807) is 6.92 Å². The molecule has 2 rings (SSSR count). The molecule has 0 spiro atoms. The number of aryl methyl sites for hydroxylation is 2. The minimum atomic E-state index is -0.942. The maximum absolute atomic E-state index is 10.9. The molecule has 2 heterocycles. The SMILES string of the molecule is CCn1nc(C(C)C)cc1-c1nc(C)nn1CC(=O)O. The summed E-state index contributed by atoms with van der Waals surface area (Å²) in [6.45, 7) is 8.37. The molecule has 0 saturated carbocycles. The van der Waals surface area contributed by atoms with Crippen LogP contribution in [0.25, 0.3) is 11.5 Å². The van der Waals surface area contributed by atoms with Crippen molar-refractivity contribution < 1.29 is 9.90 Å². The van der Waals surface area contributed by atoms with E-state index in [-0.39, 0.29) is 6.54 Å². The number of carbonyl (C=O) groups is 1. The first kappa shape index (κ1) is 14.2. The average Bonchev–Trinajstić information content (AvgIpc) is 2.91. The molecule has 0 aliphatic heterocycles.